The van der Waals surface area contributed by atoms with Gasteiger partial charge in [-0.3, -0.25) is 4.79 Å². The molecule has 0 radical (unpaired) electrons. The predicted molar refractivity (Wildman–Crippen MR) is 102 cm³/mol. The number of carbonyl (C=O) groups excluding carboxylic acids is 1. The summed E-state index contributed by atoms with van der Waals surface area (Å²) in [5.74, 6) is -4.84. The average molecular weight is 422 g/mol. The van der Waals surface area contributed by atoms with Gasteiger partial charge in [-0.1, -0.05) is 0 Å². The number of amides is 1. The van der Waals surface area contributed by atoms with Crippen LogP contribution in [0.15, 0.2) is 28.5 Å². The molecule has 0 unspecified atom stereocenters. The van der Waals surface area contributed by atoms with E-state index in [0.717, 1.165) is 11.3 Å². The van der Waals surface area contributed by atoms with Crippen LogP contribution >= 0.6 is 0 Å². The van der Waals surface area contributed by atoms with Gasteiger partial charge in [0, 0.05) is 30.3 Å². The van der Waals surface area contributed by atoms with Gasteiger partial charge in [0.15, 0.2) is 6.10 Å². The van der Waals surface area contributed by atoms with Gasteiger partial charge in [-0.2, -0.15) is 23.4 Å². The van der Waals surface area contributed by atoms with Crippen LogP contribution in [0.1, 0.15) is 24.1 Å². The minimum Gasteiger partial charge on any atom is -0.401 e. The Bertz CT molecular complexity index is 958. The molecule has 2 aliphatic heterocycles. The Morgan fingerprint density at radius 2 is 2.00 bits per heavy atom. The summed E-state index contributed by atoms with van der Waals surface area (Å²) in [6.07, 6.45) is -4.80. The summed E-state index contributed by atoms with van der Waals surface area (Å²) in [4.78, 5) is 21.0. The second-order valence-corrected chi connectivity index (χ2v) is 7.40. The van der Waals surface area contributed by atoms with Crippen molar-refractivity contribution in [2.45, 2.75) is 32.0 Å². The summed E-state index contributed by atoms with van der Waals surface area (Å²) in [7, 11) is 0. The van der Waals surface area contributed by atoms with E-state index in [9.17, 15) is 23.1 Å². The number of piperidine rings is 1. The molecule has 1 saturated heterocycles. The van der Waals surface area contributed by atoms with Crippen LogP contribution in [-0.4, -0.2) is 47.2 Å². The van der Waals surface area contributed by atoms with Crippen LogP contribution in [0.4, 0.5) is 18.9 Å². The first-order chi connectivity index (χ1) is 14.0. The van der Waals surface area contributed by atoms with Crippen molar-refractivity contribution in [1.82, 2.24) is 4.98 Å². The summed E-state index contributed by atoms with van der Waals surface area (Å²) >= 11 is 0. The zero-order chi connectivity index (χ0) is 22.2. The maximum absolute atomic E-state index is 13.5. The van der Waals surface area contributed by atoms with E-state index >= 15 is 0 Å². The van der Waals surface area contributed by atoms with Crippen molar-refractivity contribution in [2.75, 3.05) is 18.0 Å². The first-order valence-corrected chi connectivity index (χ1v) is 9.29. The third kappa shape index (κ3) is 3.95. The van der Waals surface area contributed by atoms with Crippen LogP contribution in [0.5, 0.6) is 0 Å². The molecular formula is C19H21F3N6O2. The number of anilines is 1. The van der Waals surface area contributed by atoms with Crippen molar-refractivity contribution in [3.63, 3.8) is 0 Å². The number of nitrogens with two attached hydrogens (primary N) is 2. The third-order valence-electron chi connectivity index (χ3n) is 5.52. The fourth-order valence-corrected chi connectivity index (χ4v) is 3.89. The summed E-state index contributed by atoms with van der Waals surface area (Å²) in [5.41, 5.74) is 13.0. The zero-order valence-electron chi connectivity index (χ0n) is 16.1. The molecule has 1 aromatic heterocycles. The largest absolute Gasteiger partial charge is 0.401 e. The van der Waals surface area contributed by atoms with E-state index in [1.807, 2.05) is 17.0 Å². The molecule has 2 atom stereocenters. The van der Waals surface area contributed by atoms with Crippen molar-refractivity contribution in [1.29, 1.82) is 5.26 Å². The van der Waals surface area contributed by atoms with Gasteiger partial charge in [-0.15, -0.1) is 0 Å². The molecule has 0 saturated carbocycles. The van der Waals surface area contributed by atoms with Gasteiger partial charge in [0.05, 0.1) is 11.9 Å². The van der Waals surface area contributed by atoms with Gasteiger partial charge in [0.2, 0.25) is 0 Å². The van der Waals surface area contributed by atoms with Crippen molar-refractivity contribution >= 4 is 17.4 Å². The smallest absolute Gasteiger partial charge is 0.398 e. The number of nitriles is 1. The Morgan fingerprint density at radius 1 is 1.37 bits per heavy atom. The number of hydrogen-bond donors (Lipinski definition) is 3. The first-order valence-electron chi connectivity index (χ1n) is 9.29. The lowest BCUT2D eigenvalue weighted by Crippen LogP contribution is -2.49. The highest BCUT2D eigenvalue weighted by Crippen LogP contribution is 2.40. The maximum Gasteiger partial charge on any atom is 0.398 e. The number of halogens is 3. The maximum atomic E-state index is 13.5. The quantitative estimate of drug-likeness (QED) is 0.648. The third-order valence-corrected chi connectivity index (χ3v) is 5.52. The second-order valence-electron chi connectivity index (χ2n) is 7.40. The van der Waals surface area contributed by atoms with Gasteiger partial charge in [-0.25, -0.2) is 4.98 Å². The Hall–Kier alpha value is -3.13. The minimum atomic E-state index is -4.90. The van der Waals surface area contributed by atoms with Crippen molar-refractivity contribution < 1.29 is 23.1 Å². The van der Waals surface area contributed by atoms with Gasteiger partial charge in [0.1, 0.15) is 23.5 Å². The molecule has 3 heterocycles. The van der Waals surface area contributed by atoms with E-state index in [4.69, 9.17) is 16.7 Å². The summed E-state index contributed by atoms with van der Waals surface area (Å²) in [6, 6.07) is 3.83. The van der Waals surface area contributed by atoms with Crippen molar-refractivity contribution in [2.24, 2.45) is 28.3 Å². The highest BCUT2D eigenvalue weighted by Gasteiger charge is 2.53. The van der Waals surface area contributed by atoms with Gasteiger partial charge in [0.25, 0.3) is 5.91 Å². The number of rotatable bonds is 2. The lowest BCUT2D eigenvalue weighted by molar-refractivity contribution is -0.190. The minimum absolute atomic E-state index is 0.0982. The lowest BCUT2D eigenvalue weighted by Gasteiger charge is -2.36. The summed E-state index contributed by atoms with van der Waals surface area (Å²) < 4.78 is 40.6. The SMILES string of the molecule is Cc1cc(N2CCC(C(N)=C3C(N)=NC(=O)[C@H](O)[C@@H]3C(F)(F)F)CC2)cnc1C#N. The number of aromatic nitrogens is 1. The fraction of sp³-hybridized carbons (Fsp3) is 0.474. The molecule has 0 aromatic carbocycles. The summed E-state index contributed by atoms with van der Waals surface area (Å²) in [6.45, 7) is 2.78. The van der Waals surface area contributed by atoms with E-state index in [1.165, 1.54) is 0 Å². The monoisotopic (exact) mass is 422 g/mol. The molecule has 1 fully saturated rings. The van der Waals surface area contributed by atoms with Gasteiger partial charge < -0.3 is 21.5 Å². The van der Waals surface area contributed by atoms with Gasteiger partial charge in [-0.05, 0) is 31.4 Å². The van der Waals surface area contributed by atoms with E-state index < -0.39 is 41.4 Å². The van der Waals surface area contributed by atoms with E-state index in [1.54, 1.807) is 13.1 Å². The molecule has 8 nitrogen and oxygen atoms in total. The number of amidine groups is 1. The number of carbonyl (C=O) groups is 1. The van der Waals surface area contributed by atoms with Crippen LogP contribution in [0, 0.1) is 30.1 Å². The molecule has 30 heavy (non-hydrogen) atoms. The number of nitrogens with zero attached hydrogens (tertiary/aromatic N) is 4. The summed E-state index contributed by atoms with van der Waals surface area (Å²) in [5, 5.41) is 18.8. The number of allylic oxidation sites excluding steroid dienone is 1. The number of aliphatic hydroxyl groups is 1. The lowest BCUT2D eigenvalue weighted by atomic mass is 9.82. The van der Waals surface area contributed by atoms with Crippen LogP contribution in [0.25, 0.3) is 0 Å². The molecule has 0 spiro atoms. The van der Waals surface area contributed by atoms with Crippen LogP contribution in [0.3, 0.4) is 0 Å². The number of aliphatic imine (C=N–C) groups is 1. The van der Waals surface area contributed by atoms with Crippen molar-refractivity contribution in [3.8, 4) is 6.07 Å². The van der Waals surface area contributed by atoms with Gasteiger partial charge >= 0.3 is 6.18 Å². The molecule has 160 valence electrons. The van der Waals surface area contributed by atoms with Crippen LogP contribution in [-0.2, 0) is 4.79 Å². The van der Waals surface area contributed by atoms with E-state index in [-0.39, 0.29) is 5.70 Å². The van der Waals surface area contributed by atoms with Crippen LogP contribution < -0.4 is 16.4 Å². The zero-order valence-corrected chi connectivity index (χ0v) is 16.1. The average Bonchev–Trinajstić information content (AvgIpc) is 2.69. The Balaban J connectivity index is 1.84. The highest BCUT2D eigenvalue weighted by atomic mass is 19.4. The highest BCUT2D eigenvalue weighted by molar-refractivity contribution is 6.09. The topological polar surface area (TPSA) is 142 Å². The number of aryl methyl sites for hydroxylation is 1. The molecule has 11 heteroatoms. The molecule has 1 amide bonds. The molecule has 0 aliphatic carbocycles. The number of hydrogen-bond acceptors (Lipinski definition) is 7. The predicted octanol–water partition coefficient (Wildman–Crippen LogP) is 1.13. The molecular weight excluding hydrogens is 401 g/mol. The fourth-order valence-electron chi connectivity index (χ4n) is 3.89. The number of pyridine rings is 1. The van der Waals surface area contributed by atoms with Crippen LogP contribution in [0.2, 0.25) is 0 Å². The standard InChI is InChI=1S/C19H21F3N6O2/c1-9-6-11(8-26-12(9)7-23)28-4-2-10(3-5-28)15(24)13-14(19(20,21)22)16(29)18(30)27-17(13)25/h6,8,10,14,16,29H,2-5,24H2,1H3,(H2,25,27,30)/t14-,16-/m1/s1. The molecule has 0 bridgehead atoms. The van der Waals surface area contributed by atoms with E-state index in [2.05, 4.69) is 9.98 Å². The molecule has 1 aromatic rings. The Kier molecular flexibility index (Phi) is 5.72. The normalized spacial score (nSPS) is 25.0. The Morgan fingerprint density at radius 3 is 2.53 bits per heavy atom. The Labute approximate surface area is 170 Å². The second kappa shape index (κ2) is 7.95. The molecule has 5 N–H and O–H groups in total. The molecule has 3 rings (SSSR count). The number of alkyl halides is 3. The van der Waals surface area contributed by atoms with E-state index in [0.29, 0.717) is 31.6 Å². The first kappa shape index (κ1) is 21.6. The number of aliphatic hydroxyl groups excluding tert-OH is 1. The molecule has 2 aliphatic rings. The van der Waals surface area contributed by atoms with Crippen molar-refractivity contribution in [3.05, 3.63) is 34.8 Å².